The number of hydrogen-bond acceptors (Lipinski definition) is 5. The maximum Gasteiger partial charge on any atom is 0.175 e. The van der Waals surface area contributed by atoms with Gasteiger partial charge in [0, 0.05) is 23.0 Å². The average molecular weight is 362 g/mol. The molecule has 126 valence electrons. The molecule has 0 saturated carbocycles. The molecule has 0 bridgehead atoms. The lowest BCUT2D eigenvalue weighted by atomic mass is 10.2. The topological polar surface area (TPSA) is 73.8 Å². The molecular weight excluding hydrogens is 350 g/mol. The monoisotopic (exact) mass is 361 g/mol. The van der Waals surface area contributed by atoms with Crippen LogP contribution in [-0.4, -0.2) is 34.3 Å². The van der Waals surface area contributed by atoms with Crippen molar-refractivity contribution in [1.82, 2.24) is 34.3 Å². The van der Waals surface area contributed by atoms with Gasteiger partial charge in [-0.15, -0.1) is 10.2 Å². The molecule has 0 spiro atoms. The number of benzene rings is 1. The molecule has 0 aliphatic rings. The van der Waals surface area contributed by atoms with Crippen molar-refractivity contribution in [1.29, 1.82) is 0 Å². The number of halogens is 1. The van der Waals surface area contributed by atoms with E-state index < -0.39 is 0 Å². The summed E-state index contributed by atoms with van der Waals surface area (Å²) in [5, 5.41) is 14.6. The summed E-state index contributed by atoms with van der Waals surface area (Å²) < 4.78 is 3.62. The molecule has 0 saturated heterocycles. The largest absolute Gasteiger partial charge is 0.264 e. The lowest BCUT2D eigenvalue weighted by Crippen LogP contribution is -2.01. The highest BCUT2D eigenvalue weighted by atomic mass is 35.5. The summed E-state index contributed by atoms with van der Waals surface area (Å²) in [6.07, 6.45) is 6.93. The van der Waals surface area contributed by atoms with Crippen LogP contribution in [-0.2, 0) is 0 Å². The number of nitrogens with zero attached hydrogens (tertiary/aromatic N) is 7. The summed E-state index contributed by atoms with van der Waals surface area (Å²) in [5.41, 5.74) is 4.21. The Balaban J connectivity index is 1.75. The van der Waals surface area contributed by atoms with Crippen molar-refractivity contribution in [3.8, 4) is 17.1 Å². The molecule has 5 rings (SSSR count). The second-order valence-electron chi connectivity index (χ2n) is 5.93. The Labute approximate surface area is 152 Å². The van der Waals surface area contributed by atoms with Gasteiger partial charge in [0.25, 0.3) is 0 Å². The predicted molar refractivity (Wildman–Crippen MR) is 98.4 cm³/mol. The Kier molecular flexibility index (Phi) is 3.23. The first-order chi connectivity index (χ1) is 12.7. The fraction of sp³-hybridized carbons (Fsp3) is 0.0556. The summed E-state index contributed by atoms with van der Waals surface area (Å²) in [6.45, 7) is 2.01. The number of hydrogen-bond donors (Lipinski definition) is 0. The van der Waals surface area contributed by atoms with Crippen molar-refractivity contribution in [2.75, 3.05) is 0 Å². The van der Waals surface area contributed by atoms with Gasteiger partial charge in [0.1, 0.15) is 6.33 Å². The summed E-state index contributed by atoms with van der Waals surface area (Å²) in [7, 11) is 0. The highest BCUT2D eigenvalue weighted by Crippen LogP contribution is 2.26. The highest BCUT2D eigenvalue weighted by Gasteiger charge is 2.16. The minimum Gasteiger partial charge on any atom is -0.264 e. The van der Waals surface area contributed by atoms with E-state index in [9.17, 15) is 0 Å². The number of fused-ring (bicyclic) bond motifs is 3. The Bertz CT molecular complexity index is 1260. The van der Waals surface area contributed by atoms with Gasteiger partial charge in [0.15, 0.2) is 17.1 Å². The van der Waals surface area contributed by atoms with Gasteiger partial charge in [0.2, 0.25) is 0 Å². The van der Waals surface area contributed by atoms with Crippen LogP contribution in [0.25, 0.3) is 33.8 Å². The van der Waals surface area contributed by atoms with Crippen molar-refractivity contribution in [2.24, 2.45) is 0 Å². The lowest BCUT2D eigenvalue weighted by molar-refractivity contribution is 0.886. The molecule has 0 radical (unpaired) electrons. The molecule has 8 heteroatoms. The molecule has 4 aromatic heterocycles. The third-order valence-electron chi connectivity index (χ3n) is 4.30. The number of pyridine rings is 1. The highest BCUT2D eigenvalue weighted by molar-refractivity contribution is 6.30. The van der Waals surface area contributed by atoms with Crippen LogP contribution >= 0.6 is 11.6 Å². The first-order valence-electron chi connectivity index (χ1n) is 7.97. The first-order valence-corrected chi connectivity index (χ1v) is 8.34. The zero-order chi connectivity index (χ0) is 17.7. The molecular formula is C18H12ClN7. The van der Waals surface area contributed by atoms with Gasteiger partial charge in [-0.1, -0.05) is 17.7 Å². The zero-order valence-electron chi connectivity index (χ0n) is 13.7. The van der Waals surface area contributed by atoms with Crippen molar-refractivity contribution in [3.63, 3.8) is 0 Å². The second-order valence-corrected chi connectivity index (χ2v) is 6.36. The second kappa shape index (κ2) is 5.60. The Morgan fingerprint density at radius 1 is 1.04 bits per heavy atom. The van der Waals surface area contributed by atoms with E-state index >= 15 is 0 Å². The Morgan fingerprint density at radius 3 is 2.81 bits per heavy atom. The normalized spacial score (nSPS) is 11.5. The molecule has 0 aliphatic heterocycles. The summed E-state index contributed by atoms with van der Waals surface area (Å²) >= 11 is 6.16. The summed E-state index contributed by atoms with van der Waals surface area (Å²) in [6, 6.07) is 9.49. The van der Waals surface area contributed by atoms with Gasteiger partial charge < -0.3 is 0 Å². The maximum absolute atomic E-state index is 6.16. The van der Waals surface area contributed by atoms with E-state index in [-0.39, 0.29) is 0 Å². The Morgan fingerprint density at radius 2 is 1.96 bits per heavy atom. The standard InChI is InChI=1S/C18H12ClN7/c1-11-4-5-13(19)7-15(11)26-17-14(9-22-26)18-24-23-16(25(18)10-21-17)12-3-2-6-20-8-12/h2-10H,1H3. The molecule has 26 heavy (non-hydrogen) atoms. The van der Waals surface area contributed by atoms with Gasteiger partial charge >= 0.3 is 0 Å². The van der Waals surface area contributed by atoms with Crippen LogP contribution in [0.1, 0.15) is 5.56 Å². The van der Waals surface area contributed by atoms with Gasteiger partial charge in [0.05, 0.1) is 17.3 Å². The van der Waals surface area contributed by atoms with E-state index in [1.54, 1.807) is 29.6 Å². The number of aromatic nitrogens is 7. The van der Waals surface area contributed by atoms with Crippen LogP contribution < -0.4 is 0 Å². The van der Waals surface area contributed by atoms with Crippen LogP contribution in [0.5, 0.6) is 0 Å². The van der Waals surface area contributed by atoms with Gasteiger partial charge in [-0.25, -0.2) is 9.67 Å². The number of aryl methyl sites for hydroxylation is 1. The molecule has 0 N–H and O–H groups in total. The van der Waals surface area contributed by atoms with Crippen LogP contribution in [0.15, 0.2) is 55.2 Å². The summed E-state index contributed by atoms with van der Waals surface area (Å²) in [5.74, 6) is 0.689. The first kappa shape index (κ1) is 15.0. The van der Waals surface area contributed by atoms with E-state index in [2.05, 4.69) is 25.3 Å². The van der Waals surface area contributed by atoms with Crippen LogP contribution in [0, 0.1) is 6.92 Å². The van der Waals surface area contributed by atoms with Gasteiger partial charge in [-0.3, -0.25) is 9.38 Å². The maximum atomic E-state index is 6.16. The predicted octanol–water partition coefficient (Wildman–Crippen LogP) is 3.49. The fourth-order valence-electron chi connectivity index (χ4n) is 3.00. The molecule has 0 unspecified atom stereocenters. The smallest absolute Gasteiger partial charge is 0.175 e. The SMILES string of the molecule is Cc1ccc(Cl)cc1-n1ncc2c1ncn1c(-c3cccnc3)nnc21. The number of rotatable bonds is 2. The molecule has 0 amide bonds. The van der Waals surface area contributed by atoms with E-state index in [0.29, 0.717) is 22.1 Å². The van der Waals surface area contributed by atoms with Crippen LogP contribution in [0.3, 0.4) is 0 Å². The van der Waals surface area contributed by atoms with E-state index in [1.165, 1.54) is 0 Å². The minimum absolute atomic E-state index is 0.650. The minimum atomic E-state index is 0.650. The van der Waals surface area contributed by atoms with Crippen molar-refractivity contribution < 1.29 is 0 Å². The molecule has 1 aromatic carbocycles. The third kappa shape index (κ3) is 2.18. The quantitative estimate of drug-likeness (QED) is 0.481. The molecule has 7 nitrogen and oxygen atoms in total. The third-order valence-corrected chi connectivity index (χ3v) is 4.53. The molecule has 0 fully saturated rings. The molecule has 5 aromatic rings. The molecule has 4 heterocycles. The molecule has 0 aliphatic carbocycles. The van der Waals surface area contributed by atoms with Gasteiger partial charge in [-0.2, -0.15) is 5.10 Å². The van der Waals surface area contributed by atoms with Crippen molar-refractivity contribution in [2.45, 2.75) is 6.92 Å². The van der Waals surface area contributed by atoms with Crippen LogP contribution in [0.2, 0.25) is 5.02 Å². The fourth-order valence-corrected chi connectivity index (χ4v) is 3.17. The average Bonchev–Trinajstić information content (AvgIpc) is 3.28. The summed E-state index contributed by atoms with van der Waals surface area (Å²) in [4.78, 5) is 8.74. The zero-order valence-corrected chi connectivity index (χ0v) is 14.5. The van der Waals surface area contributed by atoms with Gasteiger partial charge in [-0.05, 0) is 36.8 Å². The van der Waals surface area contributed by atoms with E-state index in [1.807, 2.05) is 41.7 Å². The van der Waals surface area contributed by atoms with Crippen molar-refractivity contribution in [3.05, 3.63) is 65.8 Å². The molecule has 0 atom stereocenters. The van der Waals surface area contributed by atoms with E-state index in [0.717, 1.165) is 22.2 Å². The van der Waals surface area contributed by atoms with E-state index in [4.69, 9.17) is 11.6 Å². The van der Waals surface area contributed by atoms with Crippen LogP contribution in [0.4, 0.5) is 0 Å². The lowest BCUT2D eigenvalue weighted by Gasteiger charge is -2.07. The Hall–Kier alpha value is -3.32. The van der Waals surface area contributed by atoms with Crippen molar-refractivity contribution >= 4 is 28.3 Å².